The van der Waals surface area contributed by atoms with Crippen LogP contribution in [0.5, 0.6) is 0 Å². The summed E-state index contributed by atoms with van der Waals surface area (Å²) in [6, 6.07) is 3.78. The topological polar surface area (TPSA) is 45.4 Å². The highest BCUT2D eigenvalue weighted by atomic mass is 16.3. The fraction of sp³-hybridized carbons (Fsp3) is 0.571. The maximum atomic E-state index is 9.89. The van der Waals surface area contributed by atoms with Crippen LogP contribution < -0.4 is 5.32 Å². The first kappa shape index (κ1) is 14.0. The van der Waals surface area contributed by atoms with Crippen molar-refractivity contribution in [1.29, 1.82) is 0 Å². The summed E-state index contributed by atoms with van der Waals surface area (Å²) in [5.74, 6) is 1.25. The molecule has 1 aromatic rings. The molecule has 3 nitrogen and oxygen atoms in total. The van der Waals surface area contributed by atoms with Gasteiger partial charge in [-0.1, -0.05) is 32.8 Å². The lowest BCUT2D eigenvalue weighted by Gasteiger charge is -2.19. The molecular formula is C14H23NO2. The lowest BCUT2D eigenvalue weighted by molar-refractivity contribution is 0.103. The van der Waals surface area contributed by atoms with E-state index in [0.717, 1.165) is 25.1 Å². The van der Waals surface area contributed by atoms with Gasteiger partial charge in [-0.15, -0.1) is 0 Å². The van der Waals surface area contributed by atoms with Gasteiger partial charge in [-0.25, -0.2) is 0 Å². The molecule has 1 atom stereocenters. The predicted molar refractivity (Wildman–Crippen MR) is 70.7 cm³/mol. The maximum absolute atomic E-state index is 9.89. The molecular weight excluding hydrogens is 214 g/mol. The molecule has 0 spiro atoms. The molecule has 3 heteroatoms. The number of nitrogens with one attached hydrogen (secondary N) is 1. The average Bonchev–Trinajstić information content (AvgIpc) is 2.83. The monoisotopic (exact) mass is 237 g/mol. The van der Waals surface area contributed by atoms with E-state index in [4.69, 9.17) is 4.42 Å². The fourth-order valence-electron chi connectivity index (χ4n) is 1.88. The van der Waals surface area contributed by atoms with Crippen LogP contribution in [0.1, 0.15) is 32.4 Å². The molecule has 0 radical (unpaired) electrons. The molecule has 17 heavy (non-hydrogen) atoms. The Kier molecular flexibility index (Phi) is 6.67. The van der Waals surface area contributed by atoms with Crippen molar-refractivity contribution in [3.05, 3.63) is 30.2 Å². The Morgan fingerprint density at radius 1 is 1.41 bits per heavy atom. The van der Waals surface area contributed by atoms with Crippen molar-refractivity contribution in [3.63, 3.8) is 0 Å². The zero-order valence-electron chi connectivity index (χ0n) is 10.7. The van der Waals surface area contributed by atoms with E-state index in [-0.39, 0.29) is 6.10 Å². The van der Waals surface area contributed by atoms with E-state index in [1.807, 2.05) is 24.3 Å². The van der Waals surface area contributed by atoms with Crippen molar-refractivity contribution in [2.24, 2.45) is 5.92 Å². The van der Waals surface area contributed by atoms with E-state index in [1.165, 1.54) is 0 Å². The Morgan fingerprint density at radius 3 is 2.76 bits per heavy atom. The lowest BCUT2D eigenvalue weighted by atomic mass is 9.97. The number of hydrogen-bond acceptors (Lipinski definition) is 3. The molecule has 0 saturated heterocycles. The first-order valence-electron chi connectivity index (χ1n) is 6.36. The summed E-state index contributed by atoms with van der Waals surface area (Å²) in [6.45, 7) is 5.63. The van der Waals surface area contributed by atoms with Crippen molar-refractivity contribution in [2.45, 2.75) is 32.8 Å². The molecule has 0 aliphatic rings. The van der Waals surface area contributed by atoms with Crippen molar-refractivity contribution >= 4 is 6.08 Å². The summed E-state index contributed by atoms with van der Waals surface area (Å²) in [5, 5.41) is 13.1. The summed E-state index contributed by atoms with van der Waals surface area (Å²) in [6.07, 6.45) is 7.39. The second kappa shape index (κ2) is 8.09. The second-order valence-electron chi connectivity index (χ2n) is 4.22. The van der Waals surface area contributed by atoms with E-state index >= 15 is 0 Å². The minimum Gasteiger partial charge on any atom is -0.465 e. The number of furan rings is 1. The van der Waals surface area contributed by atoms with Crippen LogP contribution in [0.3, 0.4) is 0 Å². The minimum absolute atomic E-state index is 0.248. The minimum atomic E-state index is -0.248. The standard InChI is InChI=1S/C14H23NO2/c1-3-12(4-2)14(16)11-15-9-5-7-13-8-6-10-17-13/h5-8,10,12,14-16H,3-4,9,11H2,1-2H3/b7-5+. The quantitative estimate of drug-likeness (QED) is 0.683. The first-order chi connectivity index (χ1) is 8.27. The van der Waals surface area contributed by atoms with Crippen molar-refractivity contribution in [1.82, 2.24) is 5.32 Å². The normalized spacial score (nSPS) is 13.6. The summed E-state index contributed by atoms with van der Waals surface area (Å²) < 4.78 is 5.17. The van der Waals surface area contributed by atoms with E-state index in [9.17, 15) is 5.11 Å². The number of aliphatic hydroxyl groups excluding tert-OH is 1. The van der Waals surface area contributed by atoms with Gasteiger partial charge < -0.3 is 14.8 Å². The first-order valence-corrected chi connectivity index (χ1v) is 6.36. The molecule has 0 bridgehead atoms. The van der Waals surface area contributed by atoms with Crippen LogP contribution in [0.25, 0.3) is 6.08 Å². The van der Waals surface area contributed by atoms with E-state index in [1.54, 1.807) is 6.26 Å². The molecule has 96 valence electrons. The van der Waals surface area contributed by atoms with Crippen LogP contribution in [0.2, 0.25) is 0 Å². The van der Waals surface area contributed by atoms with Gasteiger partial charge in [-0.05, 0) is 24.1 Å². The maximum Gasteiger partial charge on any atom is 0.126 e. The molecule has 1 unspecified atom stereocenters. The smallest absolute Gasteiger partial charge is 0.126 e. The Bertz CT molecular complexity index is 302. The second-order valence-corrected chi connectivity index (χ2v) is 4.22. The third-order valence-electron chi connectivity index (χ3n) is 3.03. The van der Waals surface area contributed by atoms with E-state index < -0.39 is 0 Å². The highest BCUT2D eigenvalue weighted by Crippen LogP contribution is 2.12. The van der Waals surface area contributed by atoms with Gasteiger partial charge in [-0.2, -0.15) is 0 Å². The van der Waals surface area contributed by atoms with Gasteiger partial charge in [0.15, 0.2) is 0 Å². The molecule has 2 N–H and O–H groups in total. The Morgan fingerprint density at radius 2 is 2.18 bits per heavy atom. The van der Waals surface area contributed by atoms with Gasteiger partial charge >= 0.3 is 0 Å². The van der Waals surface area contributed by atoms with Gasteiger partial charge in [0.05, 0.1) is 12.4 Å². The Hall–Kier alpha value is -1.06. The third kappa shape index (κ3) is 5.20. The summed E-state index contributed by atoms with van der Waals surface area (Å²) >= 11 is 0. The summed E-state index contributed by atoms with van der Waals surface area (Å²) in [5.41, 5.74) is 0. The van der Waals surface area contributed by atoms with Gasteiger partial charge in [0, 0.05) is 13.1 Å². The van der Waals surface area contributed by atoms with Crippen LogP contribution >= 0.6 is 0 Å². The van der Waals surface area contributed by atoms with Gasteiger partial charge in [0.1, 0.15) is 5.76 Å². The molecule has 0 aliphatic carbocycles. The van der Waals surface area contributed by atoms with Crippen LogP contribution in [0.15, 0.2) is 28.9 Å². The third-order valence-corrected chi connectivity index (χ3v) is 3.03. The molecule has 1 aromatic heterocycles. The van der Waals surface area contributed by atoms with Gasteiger partial charge in [0.2, 0.25) is 0 Å². The molecule has 1 rings (SSSR count). The fourth-order valence-corrected chi connectivity index (χ4v) is 1.88. The molecule has 1 heterocycles. The van der Waals surface area contributed by atoms with Gasteiger partial charge in [0.25, 0.3) is 0 Å². The van der Waals surface area contributed by atoms with Crippen molar-refractivity contribution < 1.29 is 9.52 Å². The zero-order valence-corrected chi connectivity index (χ0v) is 10.7. The Labute approximate surface area is 104 Å². The molecule has 0 fully saturated rings. The molecule has 0 amide bonds. The highest BCUT2D eigenvalue weighted by molar-refractivity contribution is 5.42. The van der Waals surface area contributed by atoms with E-state index in [2.05, 4.69) is 19.2 Å². The number of rotatable bonds is 8. The van der Waals surface area contributed by atoms with Crippen molar-refractivity contribution in [3.8, 4) is 0 Å². The highest BCUT2D eigenvalue weighted by Gasteiger charge is 2.13. The summed E-state index contributed by atoms with van der Waals surface area (Å²) in [4.78, 5) is 0. The van der Waals surface area contributed by atoms with E-state index in [0.29, 0.717) is 12.5 Å². The molecule has 0 aromatic carbocycles. The van der Waals surface area contributed by atoms with Gasteiger partial charge in [-0.3, -0.25) is 0 Å². The van der Waals surface area contributed by atoms with Crippen LogP contribution in [0.4, 0.5) is 0 Å². The molecule has 0 aliphatic heterocycles. The SMILES string of the molecule is CCC(CC)C(O)CNC/C=C/c1ccco1. The van der Waals surface area contributed by atoms with Crippen molar-refractivity contribution in [2.75, 3.05) is 13.1 Å². The van der Waals surface area contributed by atoms with Crippen LogP contribution in [-0.4, -0.2) is 24.3 Å². The zero-order chi connectivity index (χ0) is 12.5. The summed E-state index contributed by atoms with van der Waals surface area (Å²) in [7, 11) is 0. The predicted octanol–water partition coefficient (Wildman–Crippen LogP) is 2.68. The largest absolute Gasteiger partial charge is 0.465 e. The van der Waals surface area contributed by atoms with Crippen LogP contribution in [-0.2, 0) is 0 Å². The Balaban J connectivity index is 2.15. The average molecular weight is 237 g/mol. The molecule has 0 saturated carbocycles. The number of aliphatic hydroxyl groups is 1. The van der Waals surface area contributed by atoms with Crippen LogP contribution in [0, 0.1) is 5.92 Å². The lowest BCUT2D eigenvalue weighted by Crippen LogP contribution is -2.32. The number of hydrogen-bond donors (Lipinski definition) is 2.